The SMILES string of the molecule is CCCCCCCC(I)CCCC(Cl)C(C)Br. The summed E-state index contributed by atoms with van der Waals surface area (Å²) in [6, 6.07) is 0. The summed E-state index contributed by atoms with van der Waals surface area (Å²) < 4.78 is 0.851. The third kappa shape index (κ3) is 12.3. The highest BCUT2D eigenvalue weighted by Crippen LogP contribution is 2.22. The molecule has 0 aromatic heterocycles. The Morgan fingerprint density at radius 1 is 1.00 bits per heavy atom. The van der Waals surface area contributed by atoms with Gasteiger partial charge in [-0.25, -0.2) is 0 Å². The second-order valence-electron chi connectivity index (χ2n) is 4.92. The zero-order chi connectivity index (χ0) is 13.1. The van der Waals surface area contributed by atoms with Crippen molar-refractivity contribution in [3.05, 3.63) is 0 Å². The Morgan fingerprint density at radius 2 is 1.59 bits per heavy atom. The normalized spacial score (nSPS) is 16.8. The lowest BCUT2D eigenvalue weighted by Gasteiger charge is -2.13. The molecule has 3 heteroatoms. The van der Waals surface area contributed by atoms with Crippen LogP contribution in [0.4, 0.5) is 0 Å². The Hall–Kier alpha value is 1.50. The summed E-state index contributed by atoms with van der Waals surface area (Å²) in [6.07, 6.45) is 12.1. The molecular formula is C14H27BrClI. The van der Waals surface area contributed by atoms with E-state index in [1.54, 1.807) is 0 Å². The van der Waals surface area contributed by atoms with Crippen LogP contribution >= 0.6 is 50.1 Å². The average molecular weight is 438 g/mol. The summed E-state index contributed by atoms with van der Waals surface area (Å²) in [5.74, 6) is 0. The molecule has 0 amide bonds. The van der Waals surface area contributed by atoms with Gasteiger partial charge in [0.2, 0.25) is 0 Å². The van der Waals surface area contributed by atoms with Gasteiger partial charge < -0.3 is 0 Å². The molecule has 0 aliphatic heterocycles. The van der Waals surface area contributed by atoms with Gasteiger partial charge in [0.15, 0.2) is 0 Å². The molecule has 0 fully saturated rings. The van der Waals surface area contributed by atoms with Crippen molar-refractivity contribution in [2.75, 3.05) is 0 Å². The zero-order valence-electron chi connectivity index (χ0n) is 11.2. The van der Waals surface area contributed by atoms with E-state index in [9.17, 15) is 0 Å². The van der Waals surface area contributed by atoms with Gasteiger partial charge in [0, 0.05) is 14.1 Å². The third-order valence-electron chi connectivity index (χ3n) is 3.12. The molecule has 0 aromatic carbocycles. The first-order valence-corrected chi connectivity index (χ1v) is 9.59. The fourth-order valence-electron chi connectivity index (χ4n) is 1.88. The summed E-state index contributed by atoms with van der Waals surface area (Å²) >= 11 is 12.4. The smallest absolute Gasteiger partial charge is 0.0458 e. The second-order valence-corrected chi connectivity index (χ2v) is 8.69. The Kier molecular flexibility index (Phi) is 13.6. The van der Waals surface area contributed by atoms with E-state index in [0.717, 1.165) is 10.3 Å². The van der Waals surface area contributed by atoms with Crippen LogP contribution in [-0.4, -0.2) is 14.1 Å². The summed E-state index contributed by atoms with van der Waals surface area (Å²) in [4.78, 5) is 0.436. The Bertz CT molecular complexity index is 164. The van der Waals surface area contributed by atoms with Gasteiger partial charge in [0.25, 0.3) is 0 Å². The predicted octanol–water partition coefficient (Wildman–Crippen LogP) is 6.71. The molecule has 0 radical (unpaired) electrons. The molecule has 0 N–H and O–H groups in total. The number of halogens is 3. The van der Waals surface area contributed by atoms with Gasteiger partial charge >= 0.3 is 0 Å². The summed E-state index contributed by atoms with van der Waals surface area (Å²) in [7, 11) is 0. The first-order valence-electron chi connectivity index (χ1n) is 7.00. The van der Waals surface area contributed by atoms with Crippen LogP contribution in [0.5, 0.6) is 0 Å². The largest absolute Gasteiger partial charge is 0.122 e. The molecule has 3 unspecified atom stereocenters. The number of unbranched alkanes of at least 4 members (excludes halogenated alkanes) is 4. The molecule has 0 heterocycles. The molecule has 0 spiro atoms. The van der Waals surface area contributed by atoms with E-state index in [4.69, 9.17) is 11.6 Å². The van der Waals surface area contributed by atoms with Crippen molar-refractivity contribution in [2.45, 2.75) is 85.8 Å². The maximum Gasteiger partial charge on any atom is 0.0458 e. The topological polar surface area (TPSA) is 0 Å². The Balaban J connectivity index is 3.31. The number of hydrogen-bond donors (Lipinski definition) is 0. The summed E-state index contributed by atoms with van der Waals surface area (Å²) in [6.45, 7) is 4.40. The molecule has 0 aliphatic carbocycles. The summed E-state index contributed by atoms with van der Waals surface area (Å²) in [5.41, 5.74) is 0. The van der Waals surface area contributed by atoms with Crippen LogP contribution in [0.1, 0.15) is 71.6 Å². The molecule has 0 bridgehead atoms. The first kappa shape index (κ1) is 18.5. The zero-order valence-corrected chi connectivity index (χ0v) is 15.7. The van der Waals surface area contributed by atoms with Gasteiger partial charge in [0.1, 0.15) is 0 Å². The van der Waals surface area contributed by atoms with Crippen LogP contribution < -0.4 is 0 Å². The number of hydrogen-bond acceptors (Lipinski definition) is 0. The van der Waals surface area contributed by atoms with Crippen LogP contribution in [0.25, 0.3) is 0 Å². The van der Waals surface area contributed by atoms with E-state index < -0.39 is 0 Å². The molecule has 0 aliphatic rings. The highest BCUT2D eigenvalue weighted by molar-refractivity contribution is 14.1. The molecule has 0 aromatic rings. The molecule has 0 nitrogen and oxygen atoms in total. The Morgan fingerprint density at radius 3 is 2.18 bits per heavy atom. The van der Waals surface area contributed by atoms with E-state index in [2.05, 4.69) is 52.4 Å². The van der Waals surface area contributed by atoms with Gasteiger partial charge in [-0.15, -0.1) is 11.6 Å². The van der Waals surface area contributed by atoms with E-state index in [0.29, 0.717) is 10.2 Å². The van der Waals surface area contributed by atoms with E-state index in [1.165, 1.54) is 51.4 Å². The lowest BCUT2D eigenvalue weighted by Crippen LogP contribution is -2.10. The van der Waals surface area contributed by atoms with Crippen molar-refractivity contribution in [2.24, 2.45) is 0 Å². The maximum atomic E-state index is 6.21. The van der Waals surface area contributed by atoms with Gasteiger partial charge in [-0.3, -0.25) is 0 Å². The number of alkyl halides is 3. The molecule has 17 heavy (non-hydrogen) atoms. The quantitative estimate of drug-likeness (QED) is 0.191. The van der Waals surface area contributed by atoms with Crippen LogP contribution in [0.2, 0.25) is 0 Å². The highest BCUT2D eigenvalue weighted by Gasteiger charge is 2.11. The fraction of sp³-hybridized carbons (Fsp3) is 1.00. The molecule has 0 saturated heterocycles. The van der Waals surface area contributed by atoms with E-state index in [1.807, 2.05) is 0 Å². The summed E-state index contributed by atoms with van der Waals surface area (Å²) in [5, 5.41) is 0.295. The van der Waals surface area contributed by atoms with Crippen LogP contribution in [0.15, 0.2) is 0 Å². The molecule has 104 valence electrons. The van der Waals surface area contributed by atoms with Gasteiger partial charge in [0.05, 0.1) is 0 Å². The minimum absolute atomic E-state index is 0.295. The Labute approximate surface area is 135 Å². The maximum absolute atomic E-state index is 6.21. The fourth-order valence-corrected chi connectivity index (χ4v) is 3.18. The van der Waals surface area contributed by atoms with Crippen molar-refractivity contribution >= 4 is 50.1 Å². The van der Waals surface area contributed by atoms with Crippen LogP contribution in [0, 0.1) is 0 Å². The van der Waals surface area contributed by atoms with Gasteiger partial charge in [-0.2, -0.15) is 0 Å². The second kappa shape index (κ2) is 12.5. The van der Waals surface area contributed by atoms with Crippen molar-refractivity contribution in [3.8, 4) is 0 Å². The molecular weight excluding hydrogens is 410 g/mol. The molecule has 0 rings (SSSR count). The minimum Gasteiger partial charge on any atom is -0.122 e. The highest BCUT2D eigenvalue weighted by atomic mass is 127. The standard InChI is InChI=1S/C14H27BrClI/c1-3-4-5-6-7-9-13(17)10-8-11-14(16)12(2)15/h12-14H,3-11H2,1-2H3. The average Bonchev–Trinajstić information content (AvgIpc) is 2.28. The lowest BCUT2D eigenvalue weighted by molar-refractivity contribution is 0.569. The minimum atomic E-state index is 0.295. The first-order chi connectivity index (χ1) is 8.07. The van der Waals surface area contributed by atoms with Crippen molar-refractivity contribution in [1.29, 1.82) is 0 Å². The van der Waals surface area contributed by atoms with Crippen molar-refractivity contribution in [1.82, 2.24) is 0 Å². The predicted molar refractivity (Wildman–Crippen MR) is 93.1 cm³/mol. The number of rotatable bonds is 11. The third-order valence-corrected chi connectivity index (χ3v) is 5.90. The van der Waals surface area contributed by atoms with Gasteiger partial charge in [-0.05, 0) is 19.3 Å². The van der Waals surface area contributed by atoms with Crippen molar-refractivity contribution < 1.29 is 0 Å². The van der Waals surface area contributed by atoms with Crippen LogP contribution in [-0.2, 0) is 0 Å². The van der Waals surface area contributed by atoms with E-state index >= 15 is 0 Å². The molecule has 0 saturated carbocycles. The van der Waals surface area contributed by atoms with Gasteiger partial charge in [-0.1, -0.05) is 90.9 Å². The van der Waals surface area contributed by atoms with Crippen molar-refractivity contribution in [3.63, 3.8) is 0 Å². The monoisotopic (exact) mass is 436 g/mol. The van der Waals surface area contributed by atoms with Crippen LogP contribution in [0.3, 0.4) is 0 Å². The van der Waals surface area contributed by atoms with E-state index in [-0.39, 0.29) is 0 Å². The molecule has 3 atom stereocenters. The lowest BCUT2D eigenvalue weighted by atomic mass is 10.1.